The molecule has 0 heterocycles. The molecular weight excluding hydrogens is 203 g/mol. The first-order valence-electron chi connectivity index (χ1n) is 4.90. The topological polar surface area (TPSA) is 20.2 Å². The fourth-order valence-corrected chi connectivity index (χ4v) is 1.49. The van der Waals surface area contributed by atoms with Crippen LogP contribution in [0.3, 0.4) is 0 Å². The van der Waals surface area contributed by atoms with Crippen molar-refractivity contribution in [3.05, 3.63) is 60.7 Å². The van der Waals surface area contributed by atoms with Crippen LogP contribution in [0.2, 0.25) is 0 Å². The average molecular weight is 220 g/mol. The average Bonchev–Trinajstić information content (AvgIpc) is 2.27. The Labute approximate surface area is 93.7 Å². The van der Waals surface area contributed by atoms with E-state index in [0.29, 0.717) is 0 Å². The Morgan fingerprint density at radius 1 is 1.40 bits per heavy atom. The molecule has 3 atom stereocenters. The van der Waals surface area contributed by atoms with Crippen LogP contribution in [0.25, 0.3) is 0 Å². The van der Waals surface area contributed by atoms with E-state index in [0.717, 1.165) is 0 Å². The Bertz CT molecular complexity index is 343. The summed E-state index contributed by atoms with van der Waals surface area (Å²) in [6.45, 7) is 5.92. The summed E-state index contributed by atoms with van der Waals surface area (Å²) in [6, 6.07) is 10.1. The fourth-order valence-electron chi connectivity index (χ4n) is 1.38. The molecule has 0 spiro atoms. The van der Waals surface area contributed by atoms with Crippen LogP contribution in [0.4, 0.5) is 0 Å². The molecule has 80 valence electrons. The molecule has 1 aromatic rings. The third kappa shape index (κ3) is 3.30. The van der Waals surface area contributed by atoms with Gasteiger partial charge in [-0.25, -0.2) is 0 Å². The van der Waals surface area contributed by atoms with Crippen molar-refractivity contribution >= 4 is 9.24 Å². The van der Waals surface area contributed by atoms with E-state index in [2.05, 4.69) is 34.9 Å². The Balaban J connectivity index is 3.01. The van der Waals surface area contributed by atoms with Gasteiger partial charge in [0, 0.05) is 5.41 Å². The third-order valence-corrected chi connectivity index (χ3v) is 2.68. The molecule has 0 radical (unpaired) electrons. The van der Waals surface area contributed by atoms with E-state index in [9.17, 15) is 5.11 Å². The van der Waals surface area contributed by atoms with Crippen molar-refractivity contribution in [1.29, 1.82) is 0 Å². The second-order valence-corrected chi connectivity index (χ2v) is 4.39. The second-order valence-electron chi connectivity index (χ2n) is 3.70. The Morgan fingerprint density at radius 2 is 2.00 bits per heavy atom. The maximum absolute atomic E-state index is 9.20. The zero-order valence-corrected chi connectivity index (χ0v) is 10.1. The molecule has 0 fully saturated rings. The lowest BCUT2D eigenvalue weighted by atomic mass is 9.82. The van der Waals surface area contributed by atoms with Crippen molar-refractivity contribution in [2.24, 2.45) is 0 Å². The van der Waals surface area contributed by atoms with E-state index >= 15 is 0 Å². The smallest absolute Gasteiger partial charge is 0.0853 e. The fraction of sp³-hybridized carbons (Fsp3) is 0.231. The van der Waals surface area contributed by atoms with E-state index in [1.807, 2.05) is 30.4 Å². The molecule has 2 heteroatoms. The lowest BCUT2D eigenvalue weighted by Gasteiger charge is -2.22. The molecule has 0 aromatic heterocycles. The first-order valence-corrected chi connectivity index (χ1v) is 5.57. The van der Waals surface area contributed by atoms with Crippen LogP contribution in [0.1, 0.15) is 12.5 Å². The Hall–Kier alpha value is -0.910. The van der Waals surface area contributed by atoms with Crippen molar-refractivity contribution in [1.82, 2.24) is 0 Å². The largest absolute Gasteiger partial charge is 0.385 e. The number of aliphatic hydroxyl groups excluding tert-OH is 1. The summed E-state index contributed by atoms with van der Waals surface area (Å²) >= 11 is 0. The minimum Gasteiger partial charge on any atom is -0.385 e. The number of allylic oxidation sites excluding steroid dienone is 2. The van der Waals surface area contributed by atoms with Crippen LogP contribution >= 0.6 is 9.24 Å². The summed E-state index contributed by atoms with van der Waals surface area (Å²) in [6.07, 6.45) is 5.60. The van der Waals surface area contributed by atoms with E-state index in [1.165, 1.54) is 5.56 Å². The molecule has 1 nitrogen and oxygen atoms in total. The summed E-state index contributed by atoms with van der Waals surface area (Å²) in [4.78, 5) is 0. The van der Waals surface area contributed by atoms with Gasteiger partial charge in [-0.2, -0.15) is 0 Å². The Morgan fingerprint density at radius 3 is 2.47 bits per heavy atom. The SMILES string of the molecule is C=C[C@](C)(/C=C\[C@@H](O)P)c1ccccc1. The van der Waals surface area contributed by atoms with Gasteiger partial charge in [-0.05, 0) is 12.5 Å². The molecule has 0 amide bonds. The molecule has 0 bridgehead atoms. The first-order chi connectivity index (χ1) is 7.08. The van der Waals surface area contributed by atoms with E-state index in [1.54, 1.807) is 6.08 Å². The number of hydrogen-bond donors (Lipinski definition) is 1. The lowest BCUT2D eigenvalue weighted by Crippen LogP contribution is -2.15. The molecule has 0 aliphatic rings. The number of hydrogen-bond acceptors (Lipinski definition) is 1. The predicted octanol–water partition coefficient (Wildman–Crippen LogP) is 2.88. The summed E-state index contributed by atoms with van der Waals surface area (Å²) in [5.41, 5.74) is 0.945. The number of aliphatic hydroxyl groups is 1. The van der Waals surface area contributed by atoms with Gasteiger partial charge < -0.3 is 5.11 Å². The zero-order valence-electron chi connectivity index (χ0n) is 8.93. The van der Waals surface area contributed by atoms with Gasteiger partial charge in [-0.3, -0.25) is 0 Å². The minimum atomic E-state index is -0.506. The highest BCUT2D eigenvalue weighted by Gasteiger charge is 2.18. The molecule has 1 aromatic carbocycles. The summed E-state index contributed by atoms with van der Waals surface area (Å²) < 4.78 is 0. The maximum Gasteiger partial charge on any atom is 0.0853 e. The van der Waals surface area contributed by atoms with Crippen LogP contribution in [0.5, 0.6) is 0 Å². The standard InChI is InChI=1S/C13H17OP/c1-3-13(2,10-9-12(14)15)11-7-5-4-6-8-11/h3-10,12,14H,1,15H2,2H3/b10-9-/t12-,13+/m0/s1. The van der Waals surface area contributed by atoms with Crippen molar-refractivity contribution in [2.75, 3.05) is 0 Å². The molecule has 0 saturated carbocycles. The monoisotopic (exact) mass is 220 g/mol. The lowest BCUT2D eigenvalue weighted by molar-refractivity contribution is 0.308. The maximum atomic E-state index is 9.20. The first kappa shape index (κ1) is 12.2. The van der Waals surface area contributed by atoms with Crippen LogP contribution in [-0.2, 0) is 5.41 Å². The molecular formula is C13H17OP. The summed E-state index contributed by atoms with van der Waals surface area (Å²) in [5.74, 6) is -0.506. The molecule has 1 N–H and O–H groups in total. The highest BCUT2D eigenvalue weighted by Crippen LogP contribution is 2.26. The van der Waals surface area contributed by atoms with Crippen molar-refractivity contribution in [2.45, 2.75) is 18.2 Å². The van der Waals surface area contributed by atoms with Gasteiger partial charge in [0.25, 0.3) is 0 Å². The van der Waals surface area contributed by atoms with Crippen molar-refractivity contribution < 1.29 is 5.11 Å². The minimum absolute atomic E-state index is 0.223. The molecule has 0 aliphatic heterocycles. The second kappa shape index (κ2) is 5.25. The van der Waals surface area contributed by atoms with Crippen LogP contribution in [0.15, 0.2) is 55.1 Å². The van der Waals surface area contributed by atoms with Crippen LogP contribution in [0, 0.1) is 0 Å². The van der Waals surface area contributed by atoms with E-state index < -0.39 is 5.85 Å². The van der Waals surface area contributed by atoms with Crippen LogP contribution in [-0.4, -0.2) is 11.0 Å². The van der Waals surface area contributed by atoms with Crippen molar-refractivity contribution in [3.63, 3.8) is 0 Å². The Kier molecular flexibility index (Phi) is 4.26. The number of rotatable bonds is 4. The third-order valence-electron chi connectivity index (χ3n) is 2.46. The van der Waals surface area contributed by atoms with Gasteiger partial charge >= 0.3 is 0 Å². The molecule has 1 unspecified atom stereocenters. The molecule has 1 rings (SSSR count). The van der Waals surface area contributed by atoms with Gasteiger partial charge in [0.15, 0.2) is 0 Å². The van der Waals surface area contributed by atoms with E-state index in [4.69, 9.17) is 0 Å². The van der Waals surface area contributed by atoms with Crippen LogP contribution < -0.4 is 0 Å². The van der Waals surface area contributed by atoms with Gasteiger partial charge in [0.1, 0.15) is 0 Å². The highest BCUT2D eigenvalue weighted by atomic mass is 31.0. The summed E-state index contributed by atoms with van der Waals surface area (Å²) in [5, 5.41) is 9.20. The van der Waals surface area contributed by atoms with Gasteiger partial charge in [0.2, 0.25) is 0 Å². The van der Waals surface area contributed by atoms with Gasteiger partial charge in [-0.15, -0.1) is 15.8 Å². The molecule has 0 saturated heterocycles. The molecule has 15 heavy (non-hydrogen) atoms. The normalized spacial score (nSPS) is 17.3. The number of benzene rings is 1. The van der Waals surface area contributed by atoms with Crippen molar-refractivity contribution in [3.8, 4) is 0 Å². The van der Waals surface area contributed by atoms with Gasteiger partial charge in [-0.1, -0.05) is 48.6 Å². The van der Waals surface area contributed by atoms with E-state index in [-0.39, 0.29) is 5.41 Å². The molecule has 0 aliphatic carbocycles. The quantitative estimate of drug-likeness (QED) is 0.611. The van der Waals surface area contributed by atoms with Gasteiger partial charge in [0.05, 0.1) is 5.85 Å². The highest BCUT2D eigenvalue weighted by molar-refractivity contribution is 7.17. The zero-order chi connectivity index (χ0) is 11.3. The summed E-state index contributed by atoms with van der Waals surface area (Å²) in [7, 11) is 2.33. The predicted molar refractivity (Wildman–Crippen MR) is 68.8 cm³/mol.